The van der Waals surface area contributed by atoms with Crippen LogP contribution < -0.4 is 14.7 Å². The molecule has 5 nitrogen and oxygen atoms in total. The van der Waals surface area contributed by atoms with Gasteiger partial charge in [0.15, 0.2) is 0 Å². The fourth-order valence-corrected chi connectivity index (χ4v) is 0. The molecule has 0 aliphatic carbocycles. The van der Waals surface area contributed by atoms with Crippen molar-refractivity contribution in [1.82, 2.24) is 0 Å². The Bertz CT molecular complexity index is 54.2. The molecular weight excluding hydrogens is 162 g/mol. The average Bonchev–Trinajstić information content (AvgIpc) is 0.722. The second-order valence-corrected chi connectivity index (χ2v) is 1.34. The van der Waals surface area contributed by atoms with Crippen LogP contribution in [0.25, 0.3) is 0 Å². The van der Waals surface area contributed by atoms with E-state index in [-0.39, 0.29) is 24.0 Å². The number of hydrogen-bond acceptors (Lipinski definition) is 4. The summed E-state index contributed by atoms with van der Waals surface area (Å²) in [5.74, 6) is 0. The van der Waals surface area contributed by atoms with Gasteiger partial charge in [-0.15, -0.1) is 0 Å². The Kier molecular flexibility index (Phi) is 10.7. The van der Waals surface area contributed by atoms with Crippen LogP contribution in [0.4, 0.5) is 0 Å². The van der Waals surface area contributed by atoms with Gasteiger partial charge in [-0.3, -0.25) is 0 Å². The maximum absolute atomic E-state index is 8.55. The summed E-state index contributed by atoms with van der Waals surface area (Å²) in [5.41, 5.74) is 0. The summed E-state index contributed by atoms with van der Waals surface area (Å²) in [7, 11) is -5.39. The molecule has 45 valence electrons. The van der Waals surface area contributed by atoms with Crippen LogP contribution in [0.1, 0.15) is 0 Å². The second kappa shape index (κ2) is 4.80. The standard InChI is InChI=1S/H3O4P.O.V/c1-5(2,3)4;;/h(H3,1,2,3,4);;/q;-2;/p-3. The first-order valence-corrected chi connectivity index (χ1v) is 2.19. The molecule has 7 heavy (non-hydrogen) atoms. The Hall–Kier alpha value is 0.654. The zero-order chi connectivity index (χ0) is 4.50. The molecule has 7 heteroatoms. The summed E-state index contributed by atoms with van der Waals surface area (Å²) in [6, 6.07) is 0. The van der Waals surface area contributed by atoms with Crippen LogP contribution in [0.15, 0.2) is 0 Å². The third-order valence-corrected chi connectivity index (χ3v) is 0. The van der Waals surface area contributed by atoms with Crippen molar-refractivity contribution < 1.29 is 43.3 Å². The van der Waals surface area contributed by atoms with Gasteiger partial charge in [-0.1, -0.05) is 0 Å². The molecule has 0 fully saturated rings. The monoisotopic (exact) mass is 162 g/mol. The molecule has 0 aliphatic rings. The van der Waals surface area contributed by atoms with Crippen LogP contribution in [-0.4, -0.2) is 0 Å². The molecule has 0 amide bonds. The van der Waals surface area contributed by atoms with Crippen LogP contribution in [0.5, 0.6) is 0 Å². The Morgan fingerprint density at radius 3 is 1.14 bits per heavy atom. The molecule has 0 unspecified atom stereocenters. The third kappa shape index (κ3) is 337. The van der Waals surface area contributed by atoms with Crippen molar-refractivity contribution in [2.75, 3.05) is 0 Å². The number of phosphoric acid groups is 1. The van der Waals surface area contributed by atoms with Gasteiger partial charge in [0.05, 0.1) is 0 Å². The molecule has 0 heterocycles. The van der Waals surface area contributed by atoms with Crippen LogP contribution >= 0.6 is 7.82 Å². The molecular formula is O5PV-5. The molecule has 0 atom stereocenters. The van der Waals surface area contributed by atoms with Crippen molar-refractivity contribution in [3.63, 3.8) is 0 Å². The molecule has 0 bridgehead atoms. The molecule has 0 aromatic carbocycles. The van der Waals surface area contributed by atoms with Crippen LogP contribution in [-0.2, 0) is 28.6 Å². The van der Waals surface area contributed by atoms with Gasteiger partial charge in [0.25, 0.3) is 0 Å². The van der Waals surface area contributed by atoms with E-state index in [0.29, 0.717) is 0 Å². The van der Waals surface area contributed by atoms with Gasteiger partial charge in [0, 0.05) is 18.6 Å². The first-order valence-electron chi connectivity index (χ1n) is 0.730. The van der Waals surface area contributed by atoms with E-state index in [2.05, 4.69) is 0 Å². The van der Waals surface area contributed by atoms with E-state index in [0.717, 1.165) is 0 Å². The predicted octanol–water partition coefficient (Wildman–Crippen LogP) is -2.95. The van der Waals surface area contributed by atoms with Crippen molar-refractivity contribution in [3.05, 3.63) is 0 Å². The van der Waals surface area contributed by atoms with Gasteiger partial charge in [-0.2, -0.15) is 7.82 Å². The first-order chi connectivity index (χ1) is 2.00. The van der Waals surface area contributed by atoms with E-state index in [9.17, 15) is 0 Å². The van der Waals surface area contributed by atoms with Crippen LogP contribution in [0, 0.1) is 0 Å². The Morgan fingerprint density at radius 2 is 1.14 bits per heavy atom. The van der Waals surface area contributed by atoms with Crippen molar-refractivity contribution in [1.29, 1.82) is 0 Å². The van der Waals surface area contributed by atoms with E-state index in [1.807, 2.05) is 0 Å². The minimum Gasteiger partial charge on any atom is -2.00 e. The molecule has 1 radical (unpaired) electrons. The molecule has 0 rings (SSSR count). The van der Waals surface area contributed by atoms with Crippen molar-refractivity contribution in [3.8, 4) is 0 Å². The van der Waals surface area contributed by atoms with Gasteiger partial charge >= 0.3 is 0 Å². The van der Waals surface area contributed by atoms with Gasteiger partial charge in [-0.05, 0) is 0 Å². The number of rotatable bonds is 0. The van der Waals surface area contributed by atoms with Gasteiger partial charge in [0.1, 0.15) is 0 Å². The number of hydrogen-bond donors (Lipinski definition) is 0. The summed E-state index contributed by atoms with van der Waals surface area (Å²) in [6.45, 7) is 0. The molecule has 0 aliphatic heterocycles. The zero-order valence-corrected chi connectivity index (χ0v) is 5.23. The van der Waals surface area contributed by atoms with E-state index in [1.165, 1.54) is 0 Å². The summed E-state index contributed by atoms with van der Waals surface area (Å²) in [6.07, 6.45) is 0. The van der Waals surface area contributed by atoms with Crippen molar-refractivity contribution in [2.24, 2.45) is 0 Å². The van der Waals surface area contributed by atoms with E-state index in [4.69, 9.17) is 19.2 Å². The molecule has 0 saturated carbocycles. The minimum absolute atomic E-state index is 0. The minimum atomic E-state index is -5.39. The summed E-state index contributed by atoms with van der Waals surface area (Å²) in [4.78, 5) is 25.6. The van der Waals surface area contributed by atoms with Crippen LogP contribution in [0.2, 0.25) is 0 Å². The fraction of sp³-hybridized carbons (Fsp3) is 0. The zero-order valence-electron chi connectivity index (χ0n) is 2.94. The topological polar surface area (TPSA) is 115 Å². The Morgan fingerprint density at radius 1 is 1.14 bits per heavy atom. The summed E-state index contributed by atoms with van der Waals surface area (Å²) >= 11 is 0. The predicted molar refractivity (Wildman–Crippen MR) is 8.29 cm³/mol. The Balaban J connectivity index is -0.0000000800. The maximum atomic E-state index is 8.55. The normalized spacial score (nSPS) is 8.43. The molecule has 0 saturated heterocycles. The molecule has 0 aromatic rings. The SMILES string of the molecule is O=P([O-])([O-])[O-].[O-2].[V]. The fourth-order valence-electron chi connectivity index (χ4n) is 0. The first kappa shape index (κ1) is 15.6. The van der Waals surface area contributed by atoms with Gasteiger partial charge < -0.3 is 24.7 Å². The second-order valence-electron chi connectivity index (χ2n) is 0.447. The molecule has 0 spiro atoms. The maximum Gasteiger partial charge on any atom is 0 e. The smallest absolute Gasteiger partial charge is 0 e. The van der Waals surface area contributed by atoms with Gasteiger partial charge in [-0.25, -0.2) is 0 Å². The van der Waals surface area contributed by atoms with Crippen LogP contribution in [0.3, 0.4) is 0 Å². The largest absolute Gasteiger partial charge is 2.00 e. The van der Waals surface area contributed by atoms with E-state index in [1.54, 1.807) is 0 Å². The Labute approximate surface area is 51.8 Å². The van der Waals surface area contributed by atoms with Gasteiger partial charge in [0.2, 0.25) is 0 Å². The average molecular weight is 162 g/mol. The summed E-state index contributed by atoms with van der Waals surface area (Å²) in [5, 5.41) is 0. The van der Waals surface area contributed by atoms with E-state index < -0.39 is 7.82 Å². The quantitative estimate of drug-likeness (QED) is 0.354. The molecule has 0 N–H and O–H groups in total. The molecule has 0 aromatic heterocycles. The third-order valence-electron chi connectivity index (χ3n) is 0. The summed E-state index contributed by atoms with van der Waals surface area (Å²) < 4.78 is 8.55. The van der Waals surface area contributed by atoms with E-state index >= 15 is 0 Å². The van der Waals surface area contributed by atoms with Crippen molar-refractivity contribution in [2.45, 2.75) is 0 Å². The van der Waals surface area contributed by atoms with Crippen molar-refractivity contribution >= 4 is 7.82 Å².